The predicted octanol–water partition coefficient (Wildman–Crippen LogP) is 4.23. The van der Waals surface area contributed by atoms with E-state index in [2.05, 4.69) is 23.7 Å². The number of benzene rings is 3. The molecule has 7 heteroatoms. The van der Waals surface area contributed by atoms with Crippen molar-refractivity contribution in [1.29, 1.82) is 0 Å². The van der Waals surface area contributed by atoms with Crippen LogP contribution in [-0.4, -0.2) is 34.3 Å². The molecule has 0 amide bonds. The van der Waals surface area contributed by atoms with Crippen molar-refractivity contribution in [2.45, 2.75) is 13.8 Å². The van der Waals surface area contributed by atoms with Crippen LogP contribution < -0.4 is 10.3 Å². The van der Waals surface area contributed by atoms with E-state index >= 15 is 0 Å². The first kappa shape index (κ1) is 20.9. The molecule has 0 saturated heterocycles. The van der Waals surface area contributed by atoms with E-state index in [1.54, 1.807) is 30.3 Å². The first-order chi connectivity index (χ1) is 14.4. The molecule has 0 saturated carbocycles. The second-order valence-electron chi connectivity index (χ2n) is 6.52. The van der Waals surface area contributed by atoms with Crippen LogP contribution >= 0.6 is 0 Å². The van der Waals surface area contributed by atoms with Gasteiger partial charge in [-0.05, 0) is 62.4 Å². The summed E-state index contributed by atoms with van der Waals surface area (Å²) in [6, 6.07) is 16.1. The molecule has 0 atom stereocenters. The summed E-state index contributed by atoms with van der Waals surface area (Å²) in [6.07, 6.45) is 0. The normalized spacial score (nSPS) is 10.5. The highest BCUT2D eigenvalue weighted by atomic mass is 16.4. The Bertz CT molecular complexity index is 1180. The van der Waals surface area contributed by atoms with Crippen LogP contribution in [0.2, 0.25) is 0 Å². The van der Waals surface area contributed by atoms with Gasteiger partial charge in [-0.15, -0.1) is 0 Å². The van der Waals surface area contributed by atoms with Crippen molar-refractivity contribution in [2.24, 2.45) is 0 Å². The van der Waals surface area contributed by atoms with Crippen LogP contribution in [0, 0.1) is 0 Å². The SMILES string of the molecule is CCN(CC)c1ccc(C(=O)O)cc1.O=c1ccc2nc3ccc(O)cc3oc-2c1. The maximum atomic E-state index is 11.1. The maximum absolute atomic E-state index is 11.1. The van der Waals surface area contributed by atoms with E-state index in [4.69, 9.17) is 9.52 Å². The summed E-state index contributed by atoms with van der Waals surface area (Å²) >= 11 is 0. The zero-order valence-electron chi connectivity index (χ0n) is 16.7. The van der Waals surface area contributed by atoms with Gasteiger partial charge in [0.15, 0.2) is 16.8 Å². The van der Waals surface area contributed by atoms with Gasteiger partial charge >= 0.3 is 5.97 Å². The lowest BCUT2D eigenvalue weighted by Gasteiger charge is -2.20. The van der Waals surface area contributed by atoms with Crippen LogP contribution in [0.1, 0.15) is 24.2 Å². The van der Waals surface area contributed by atoms with Gasteiger partial charge in [-0.2, -0.15) is 0 Å². The molecular formula is C23H22N2O5. The number of fused-ring (bicyclic) bond motifs is 2. The van der Waals surface area contributed by atoms with Gasteiger partial charge in [-0.3, -0.25) is 4.79 Å². The largest absolute Gasteiger partial charge is 0.508 e. The number of hydrogen-bond acceptors (Lipinski definition) is 6. The molecule has 2 aliphatic rings. The van der Waals surface area contributed by atoms with Crippen molar-refractivity contribution in [1.82, 2.24) is 4.98 Å². The molecule has 0 unspecified atom stereocenters. The van der Waals surface area contributed by atoms with E-state index < -0.39 is 5.97 Å². The van der Waals surface area contributed by atoms with Crippen molar-refractivity contribution in [2.75, 3.05) is 18.0 Å². The summed E-state index contributed by atoms with van der Waals surface area (Å²) in [7, 11) is 0. The summed E-state index contributed by atoms with van der Waals surface area (Å²) in [4.78, 5) is 28.2. The van der Waals surface area contributed by atoms with Crippen LogP contribution in [0.5, 0.6) is 5.75 Å². The molecule has 7 nitrogen and oxygen atoms in total. The van der Waals surface area contributed by atoms with Crippen LogP contribution in [0.3, 0.4) is 0 Å². The summed E-state index contributed by atoms with van der Waals surface area (Å²) < 4.78 is 5.49. The summed E-state index contributed by atoms with van der Waals surface area (Å²) in [6.45, 7) is 6.02. The lowest BCUT2D eigenvalue weighted by Crippen LogP contribution is -2.21. The van der Waals surface area contributed by atoms with Crippen molar-refractivity contribution in [3.05, 3.63) is 76.5 Å². The maximum Gasteiger partial charge on any atom is 0.335 e. The van der Waals surface area contributed by atoms with Crippen molar-refractivity contribution >= 4 is 22.8 Å². The van der Waals surface area contributed by atoms with Gasteiger partial charge in [0.25, 0.3) is 0 Å². The Morgan fingerprint density at radius 2 is 1.70 bits per heavy atom. The molecule has 0 spiro atoms. The van der Waals surface area contributed by atoms with Crippen molar-refractivity contribution < 1.29 is 19.4 Å². The molecule has 1 aliphatic heterocycles. The van der Waals surface area contributed by atoms with Crippen LogP contribution in [-0.2, 0) is 0 Å². The Balaban J connectivity index is 0.000000173. The molecular weight excluding hydrogens is 384 g/mol. The third kappa shape index (κ3) is 4.75. The van der Waals surface area contributed by atoms with Gasteiger partial charge in [-0.1, -0.05) is 0 Å². The average molecular weight is 406 g/mol. The number of aromatic nitrogens is 1. The Morgan fingerprint density at radius 1 is 1.00 bits per heavy atom. The highest BCUT2D eigenvalue weighted by molar-refractivity contribution is 5.88. The van der Waals surface area contributed by atoms with Gasteiger partial charge in [0.1, 0.15) is 17.0 Å². The summed E-state index contributed by atoms with van der Waals surface area (Å²) in [5, 5.41) is 18.0. The molecule has 1 heterocycles. The third-order valence-electron chi connectivity index (χ3n) is 4.58. The van der Waals surface area contributed by atoms with Crippen LogP contribution in [0.4, 0.5) is 5.69 Å². The Hall–Kier alpha value is -3.87. The number of hydrogen-bond donors (Lipinski definition) is 2. The average Bonchev–Trinajstić information content (AvgIpc) is 2.74. The molecule has 0 bridgehead atoms. The number of nitrogens with zero attached hydrogens (tertiary/aromatic N) is 2. The highest BCUT2D eigenvalue weighted by Gasteiger charge is 2.09. The third-order valence-corrected chi connectivity index (χ3v) is 4.58. The molecule has 154 valence electrons. The molecule has 0 aromatic heterocycles. The first-order valence-electron chi connectivity index (χ1n) is 9.53. The van der Waals surface area contributed by atoms with E-state index in [0.717, 1.165) is 18.8 Å². The molecule has 2 aromatic carbocycles. The minimum atomic E-state index is -0.879. The van der Waals surface area contributed by atoms with Gasteiger partial charge in [0, 0.05) is 30.9 Å². The standard InChI is InChI=1S/C12H7NO3.C11H15NO2/c14-7-1-3-9-11(5-7)16-12-6-8(15)2-4-10(12)13-9;1-3-12(4-2)10-7-5-9(6-8-10)11(13)14/h1-6,14H;5-8H,3-4H2,1-2H3,(H,13,14). The number of rotatable bonds is 4. The first-order valence-corrected chi connectivity index (χ1v) is 9.53. The molecule has 0 radical (unpaired) electrons. The minimum Gasteiger partial charge on any atom is -0.508 e. The lowest BCUT2D eigenvalue weighted by atomic mass is 10.2. The Labute approximate surface area is 173 Å². The number of anilines is 1. The monoisotopic (exact) mass is 406 g/mol. The molecule has 1 aliphatic carbocycles. The predicted molar refractivity (Wildman–Crippen MR) is 116 cm³/mol. The van der Waals surface area contributed by atoms with Crippen molar-refractivity contribution in [3.8, 4) is 17.2 Å². The number of carbonyl (C=O) groups is 1. The van der Waals surface area contributed by atoms with E-state index in [0.29, 0.717) is 28.1 Å². The zero-order chi connectivity index (χ0) is 21.7. The highest BCUT2D eigenvalue weighted by Crippen LogP contribution is 2.25. The number of aromatic hydroxyl groups is 1. The second-order valence-corrected chi connectivity index (χ2v) is 6.52. The Kier molecular flexibility index (Phi) is 6.32. The van der Waals surface area contributed by atoms with Gasteiger partial charge in [0.2, 0.25) is 0 Å². The van der Waals surface area contributed by atoms with Gasteiger partial charge in [-0.25, -0.2) is 9.78 Å². The van der Waals surface area contributed by atoms with Crippen LogP contribution in [0.25, 0.3) is 22.6 Å². The molecule has 0 fully saturated rings. The van der Waals surface area contributed by atoms with Crippen LogP contribution in [0.15, 0.2) is 69.9 Å². The molecule has 4 rings (SSSR count). The molecule has 2 N–H and O–H groups in total. The summed E-state index contributed by atoms with van der Waals surface area (Å²) in [5.74, 6) is -0.350. The second kappa shape index (κ2) is 9.09. The van der Waals surface area contributed by atoms with E-state index in [1.165, 1.54) is 18.2 Å². The molecule has 2 aromatic rings. The minimum absolute atomic E-state index is 0.107. The fourth-order valence-electron chi connectivity index (χ4n) is 3.00. The fraction of sp³-hybridized carbons (Fsp3) is 0.174. The van der Waals surface area contributed by atoms with E-state index in [9.17, 15) is 14.7 Å². The topological polar surface area (TPSA) is 104 Å². The fourth-order valence-corrected chi connectivity index (χ4v) is 3.00. The quantitative estimate of drug-likeness (QED) is 0.489. The lowest BCUT2D eigenvalue weighted by molar-refractivity contribution is 0.0697. The van der Waals surface area contributed by atoms with E-state index in [1.807, 2.05) is 12.1 Å². The van der Waals surface area contributed by atoms with Gasteiger partial charge < -0.3 is 19.5 Å². The number of carboxylic acids is 1. The van der Waals surface area contributed by atoms with Crippen molar-refractivity contribution in [3.63, 3.8) is 0 Å². The van der Waals surface area contributed by atoms with E-state index in [-0.39, 0.29) is 11.2 Å². The Morgan fingerprint density at radius 3 is 2.33 bits per heavy atom. The zero-order valence-corrected chi connectivity index (χ0v) is 16.7. The van der Waals surface area contributed by atoms with Gasteiger partial charge in [0.05, 0.1) is 5.56 Å². The number of phenols is 1. The number of carboxylic acid groups (broad SMARTS) is 1. The summed E-state index contributed by atoms with van der Waals surface area (Å²) in [5.41, 5.74) is 3.00. The number of aromatic carboxylic acids is 1. The molecule has 30 heavy (non-hydrogen) atoms. The number of phenolic OH excluding ortho intramolecular Hbond substituents is 1. The smallest absolute Gasteiger partial charge is 0.335 e.